The minimum absolute atomic E-state index is 0.0899. The Labute approximate surface area is 79.1 Å². The molecule has 2 fully saturated rings. The monoisotopic (exact) mass is 177 g/mol. The van der Waals surface area contributed by atoms with Crippen LogP contribution in [0.3, 0.4) is 0 Å². The zero-order valence-corrected chi connectivity index (χ0v) is 8.10. The van der Waals surface area contributed by atoms with Crippen molar-refractivity contribution in [2.24, 2.45) is 10.8 Å². The quantitative estimate of drug-likeness (QED) is 0.594. The second-order valence-corrected chi connectivity index (χ2v) is 5.01. The second-order valence-electron chi connectivity index (χ2n) is 5.01. The number of hydrogen-bond donors (Lipinski definition) is 0. The van der Waals surface area contributed by atoms with Crippen molar-refractivity contribution < 1.29 is 4.79 Å². The molecule has 0 radical (unpaired) electrons. The summed E-state index contributed by atoms with van der Waals surface area (Å²) in [5.41, 5.74) is 0.400. The van der Waals surface area contributed by atoms with E-state index in [9.17, 15) is 4.79 Å². The summed E-state index contributed by atoms with van der Waals surface area (Å²) in [6, 6.07) is 0. The highest BCUT2D eigenvalue weighted by atomic mass is 16.1. The highest BCUT2D eigenvalue weighted by Gasteiger charge is 2.58. The van der Waals surface area contributed by atoms with E-state index in [-0.39, 0.29) is 17.7 Å². The smallest absolute Gasteiger partial charge is 0.272 e. The van der Waals surface area contributed by atoms with Gasteiger partial charge in [0, 0.05) is 5.41 Å². The molecule has 2 aliphatic carbocycles. The molecule has 2 rings (SSSR count). The second kappa shape index (κ2) is 2.57. The Kier molecular flexibility index (Phi) is 1.73. The third kappa shape index (κ3) is 1.18. The molecule has 0 atom stereocenters. The fraction of sp³-hybridized carbons (Fsp3) is 0.818. The SMILES string of the molecule is [C-]#[N+]CC(=O)C1(C)CC2(CCC2)C1. The van der Waals surface area contributed by atoms with Gasteiger partial charge in [-0.15, -0.1) is 0 Å². The van der Waals surface area contributed by atoms with Crippen LogP contribution in [0.15, 0.2) is 0 Å². The van der Waals surface area contributed by atoms with Crippen LogP contribution in [0.1, 0.15) is 39.0 Å². The Morgan fingerprint density at radius 3 is 2.46 bits per heavy atom. The summed E-state index contributed by atoms with van der Waals surface area (Å²) in [6.45, 7) is 8.80. The molecule has 0 aromatic rings. The molecule has 0 heterocycles. The predicted octanol–water partition coefficient (Wildman–Crippen LogP) is 2.45. The Morgan fingerprint density at radius 2 is 2.08 bits per heavy atom. The van der Waals surface area contributed by atoms with Crippen LogP contribution in [0.4, 0.5) is 0 Å². The van der Waals surface area contributed by atoms with E-state index in [1.807, 2.05) is 6.92 Å². The van der Waals surface area contributed by atoms with Gasteiger partial charge in [0.25, 0.3) is 6.54 Å². The first-order chi connectivity index (χ1) is 6.10. The summed E-state index contributed by atoms with van der Waals surface area (Å²) >= 11 is 0. The van der Waals surface area contributed by atoms with E-state index < -0.39 is 0 Å². The Morgan fingerprint density at radius 1 is 1.46 bits per heavy atom. The fourth-order valence-electron chi connectivity index (χ4n) is 3.09. The van der Waals surface area contributed by atoms with Crippen molar-refractivity contribution in [3.8, 4) is 0 Å². The number of ketones is 1. The highest BCUT2D eigenvalue weighted by Crippen LogP contribution is 2.64. The lowest BCUT2D eigenvalue weighted by Crippen LogP contribution is -2.53. The molecular formula is C11H15NO. The molecule has 0 aliphatic heterocycles. The van der Waals surface area contributed by atoms with E-state index in [1.165, 1.54) is 19.3 Å². The zero-order valence-electron chi connectivity index (χ0n) is 8.10. The molecule has 0 bridgehead atoms. The number of hydrogen-bond acceptors (Lipinski definition) is 1. The number of Topliss-reactive ketones (excluding diaryl/α,β-unsaturated/α-hetero) is 1. The summed E-state index contributed by atoms with van der Waals surface area (Å²) in [5.74, 6) is 0.167. The van der Waals surface area contributed by atoms with E-state index in [4.69, 9.17) is 6.57 Å². The summed E-state index contributed by atoms with van der Waals surface area (Å²) in [5, 5.41) is 0. The number of carbonyl (C=O) groups is 1. The van der Waals surface area contributed by atoms with Crippen LogP contribution in [0, 0.1) is 17.4 Å². The maximum atomic E-state index is 11.6. The Hall–Kier alpha value is -0.840. The van der Waals surface area contributed by atoms with Gasteiger partial charge in [-0.25, -0.2) is 6.57 Å². The van der Waals surface area contributed by atoms with Gasteiger partial charge >= 0.3 is 0 Å². The van der Waals surface area contributed by atoms with Gasteiger partial charge in [-0.05, 0) is 31.1 Å². The van der Waals surface area contributed by atoms with E-state index in [2.05, 4.69) is 4.85 Å². The van der Waals surface area contributed by atoms with Gasteiger partial charge in [0.05, 0.1) is 0 Å². The summed E-state index contributed by atoms with van der Waals surface area (Å²) in [4.78, 5) is 14.7. The summed E-state index contributed by atoms with van der Waals surface area (Å²) in [7, 11) is 0. The predicted molar refractivity (Wildman–Crippen MR) is 50.1 cm³/mol. The van der Waals surface area contributed by atoms with Gasteiger partial charge in [0.15, 0.2) is 0 Å². The Balaban J connectivity index is 1.95. The van der Waals surface area contributed by atoms with Crippen LogP contribution in [-0.2, 0) is 4.79 Å². The molecule has 0 amide bonds. The lowest BCUT2D eigenvalue weighted by Gasteiger charge is -2.58. The van der Waals surface area contributed by atoms with Crippen molar-refractivity contribution in [1.82, 2.24) is 0 Å². The van der Waals surface area contributed by atoms with Gasteiger partial charge in [-0.1, -0.05) is 13.3 Å². The first kappa shape index (κ1) is 8.74. The minimum atomic E-state index is -0.134. The molecule has 2 nitrogen and oxygen atoms in total. The van der Waals surface area contributed by atoms with E-state index >= 15 is 0 Å². The molecule has 0 aromatic heterocycles. The molecule has 0 unspecified atom stereocenters. The fourth-order valence-corrected chi connectivity index (χ4v) is 3.09. The van der Waals surface area contributed by atoms with Crippen LogP contribution in [0.25, 0.3) is 4.85 Å². The van der Waals surface area contributed by atoms with Gasteiger partial charge in [0.1, 0.15) is 0 Å². The van der Waals surface area contributed by atoms with Gasteiger partial charge in [-0.2, -0.15) is 0 Å². The lowest BCUT2D eigenvalue weighted by molar-refractivity contribution is -0.148. The van der Waals surface area contributed by atoms with Gasteiger partial charge in [-0.3, -0.25) is 4.79 Å². The molecular weight excluding hydrogens is 162 g/mol. The average molecular weight is 177 g/mol. The standard InChI is InChI=1S/C11H15NO/c1-10(9(13)6-12-2)7-11(8-10)4-3-5-11/h3-8H2,1H3. The summed E-state index contributed by atoms with van der Waals surface area (Å²) in [6.07, 6.45) is 6.07. The maximum Gasteiger partial charge on any atom is 0.272 e. The molecule has 0 saturated heterocycles. The van der Waals surface area contributed by atoms with Crippen molar-refractivity contribution in [2.75, 3.05) is 6.54 Å². The van der Waals surface area contributed by atoms with Crippen molar-refractivity contribution in [1.29, 1.82) is 0 Å². The number of carbonyl (C=O) groups excluding carboxylic acids is 1. The first-order valence-electron chi connectivity index (χ1n) is 4.97. The molecule has 1 spiro atoms. The third-order valence-electron chi connectivity index (χ3n) is 3.84. The zero-order chi connectivity index (χ0) is 9.53. The van der Waals surface area contributed by atoms with E-state index in [0.29, 0.717) is 5.41 Å². The molecule has 70 valence electrons. The first-order valence-corrected chi connectivity index (χ1v) is 4.97. The topological polar surface area (TPSA) is 21.4 Å². The van der Waals surface area contributed by atoms with E-state index in [0.717, 1.165) is 12.8 Å². The van der Waals surface area contributed by atoms with Gasteiger partial charge < -0.3 is 4.85 Å². The van der Waals surface area contributed by atoms with Crippen molar-refractivity contribution >= 4 is 5.78 Å². The van der Waals surface area contributed by atoms with Crippen LogP contribution in [-0.4, -0.2) is 12.3 Å². The molecule has 0 N–H and O–H groups in total. The highest BCUT2D eigenvalue weighted by molar-refractivity contribution is 5.88. The molecule has 2 saturated carbocycles. The third-order valence-corrected chi connectivity index (χ3v) is 3.84. The largest absolute Gasteiger partial charge is 0.309 e. The van der Waals surface area contributed by atoms with E-state index in [1.54, 1.807) is 0 Å². The van der Waals surface area contributed by atoms with Crippen LogP contribution >= 0.6 is 0 Å². The van der Waals surface area contributed by atoms with Crippen LogP contribution in [0.5, 0.6) is 0 Å². The number of nitrogens with zero attached hydrogens (tertiary/aromatic N) is 1. The maximum absolute atomic E-state index is 11.6. The molecule has 2 aliphatic rings. The lowest BCUT2D eigenvalue weighted by atomic mass is 9.45. The average Bonchev–Trinajstić information content (AvgIpc) is 1.95. The normalized spacial score (nSPS) is 27.1. The van der Waals surface area contributed by atoms with Crippen LogP contribution in [0.2, 0.25) is 0 Å². The van der Waals surface area contributed by atoms with Crippen molar-refractivity contribution in [3.05, 3.63) is 11.4 Å². The van der Waals surface area contributed by atoms with Crippen LogP contribution < -0.4 is 0 Å². The minimum Gasteiger partial charge on any atom is -0.309 e. The number of rotatable bonds is 2. The molecule has 2 heteroatoms. The Bertz CT molecular complexity index is 275. The summed E-state index contributed by atoms with van der Waals surface area (Å²) < 4.78 is 0. The molecule has 0 aromatic carbocycles. The van der Waals surface area contributed by atoms with Gasteiger partial charge in [0.2, 0.25) is 5.78 Å². The molecule has 13 heavy (non-hydrogen) atoms. The van der Waals surface area contributed by atoms with Crippen molar-refractivity contribution in [3.63, 3.8) is 0 Å². The van der Waals surface area contributed by atoms with Crippen molar-refractivity contribution in [2.45, 2.75) is 39.0 Å².